The molecule has 0 aliphatic carbocycles. The van der Waals surface area contributed by atoms with Gasteiger partial charge in [-0.3, -0.25) is 0 Å². The van der Waals surface area contributed by atoms with E-state index in [1.54, 1.807) is 6.66 Å². The molecule has 3 aromatic carbocycles. The second kappa shape index (κ2) is 5.85. The first-order chi connectivity index (χ1) is 11.0. The topological polar surface area (TPSA) is 38.7 Å². The molecule has 0 fully saturated rings. The van der Waals surface area contributed by atoms with Crippen molar-refractivity contribution in [2.45, 2.75) is 13.8 Å². The summed E-state index contributed by atoms with van der Waals surface area (Å²) >= 11 is 0. The summed E-state index contributed by atoms with van der Waals surface area (Å²) in [6.07, 6.45) is 0. The van der Waals surface area contributed by atoms with Gasteiger partial charge in [0.1, 0.15) is 0 Å². The van der Waals surface area contributed by atoms with Crippen molar-refractivity contribution in [3.05, 3.63) is 54.6 Å². The van der Waals surface area contributed by atoms with Gasteiger partial charge in [0.05, 0.1) is 0 Å². The molecule has 3 rings (SSSR count). The van der Waals surface area contributed by atoms with Gasteiger partial charge in [-0.2, -0.15) is 0 Å². The summed E-state index contributed by atoms with van der Waals surface area (Å²) in [6, 6.07) is 18.3. The molecule has 0 saturated carbocycles. The third-order valence-corrected chi connectivity index (χ3v) is 7.34. The standard InChI is InChI=1S/C19H23O3P/c1-4-21-23(3,20,22-5-2)19-17-12-8-6-10-15(17)14-16-11-7-9-13-18(16)19/h6-14,20H,4-5H2,1-3H3. The SMILES string of the molecule is CCOP(C)(O)(OCC)c1c2ccccc2cc2ccccc12. The average molecular weight is 330 g/mol. The van der Waals surface area contributed by atoms with Crippen molar-refractivity contribution >= 4 is 34.1 Å². The number of hydrogen-bond donors (Lipinski definition) is 1. The Morgan fingerprint density at radius 1 is 0.826 bits per heavy atom. The maximum absolute atomic E-state index is 11.6. The van der Waals surface area contributed by atoms with Crippen LogP contribution in [0.2, 0.25) is 0 Å². The fourth-order valence-corrected chi connectivity index (χ4v) is 6.36. The summed E-state index contributed by atoms with van der Waals surface area (Å²) in [5, 5.41) is 4.90. The van der Waals surface area contributed by atoms with Gasteiger partial charge in [-0.1, -0.05) is 0 Å². The van der Waals surface area contributed by atoms with Gasteiger partial charge in [-0.25, -0.2) is 0 Å². The molecule has 0 heterocycles. The molecule has 0 bridgehead atoms. The predicted octanol–water partition coefficient (Wildman–Crippen LogP) is 4.61. The zero-order chi connectivity index (χ0) is 16.5. The summed E-state index contributed by atoms with van der Waals surface area (Å²) in [6.45, 7) is 6.28. The van der Waals surface area contributed by atoms with Crippen LogP contribution in [0, 0.1) is 0 Å². The Balaban J connectivity index is 2.49. The third kappa shape index (κ3) is 2.75. The van der Waals surface area contributed by atoms with E-state index >= 15 is 0 Å². The molecule has 122 valence electrons. The fourth-order valence-electron chi connectivity index (χ4n) is 3.31. The average Bonchev–Trinajstić information content (AvgIpc) is 2.52. The molecule has 0 radical (unpaired) electrons. The van der Waals surface area contributed by atoms with Crippen LogP contribution in [0.1, 0.15) is 13.8 Å². The number of benzene rings is 3. The van der Waals surface area contributed by atoms with Gasteiger partial charge >= 0.3 is 136 Å². The summed E-state index contributed by atoms with van der Waals surface area (Å²) in [5.74, 6) is 0. The molecule has 0 spiro atoms. The molecule has 0 aromatic heterocycles. The number of rotatable bonds is 5. The second-order valence-corrected chi connectivity index (χ2v) is 9.39. The van der Waals surface area contributed by atoms with Crippen LogP contribution in [0.25, 0.3) is 21.5 Å². The molecule has 4 heteroatoms. The van der Waals surface area contributed by atoms with Gasteiger partial charge in [0, 0.05) is 0 Å². The number of fused-ring (bicyclic) bond motifs is 2. The maximum atomic E-state index is 11.6. The summed E-state index contributed by atoms with van der Waals surface area (Å²) in [5.41, 5.74) is 0. The van der Waals surface area contributed by atoms with Crippen molar-refractivity contribution < 1.29 is 13.9 Å². The van der Waals surface area contributed by atoms with E-state index in [9.17, 15) is 4.89 Å². The van der Waals surface area contributed by atoms with Crippen LogP contribution in [0.3, 0.4) is 0 Å². The van der Waals surface area contributed by atoms with Crippen molar-refractivity contribution in [3.8, 4) is 0 Å². The first-order valence-electron chi connectivity index (χ1n) is 7.96. The molecule has 0 saturated heterocycles. The monoisotopic (exact) mass is 330 g/mol. The van der Waals surface area contributed by atoms with Crippen molar-refractivity contribution in [3.63, 3.8) is 0 Å². The minimum atomic E-state index is -3.95. The van der Waals surface area contributed by atoms with E-state index in [0.29, 0.717) is 13.2 Å². The minimum absolute atomic E-state index is 0.391. The molecule has 0 aliphatic rings. The molecule has 3 nitrogen and oxygen atoms in total. The Morgan fingerprint density at radius 3 is 1.70 bits per heavy atom. The second-order valence-electron chi connectivity index (χ2n) is 5.81. The molecule has 0 unspecified atom stereocenters. The van der Waals surface area contributed by atoms with Crippen molar-refractivity contribution in [2.24, 2.45) is 0 Å². The molecule has 23 heavy (non-hydrogen) atoms. The third-order valence-electron chi connectivity index (χ3n) is 4.12. The van der Waals surface area contributed by atoms with E-state index in [4.69, 9.17) is 9.05 Å². The van der Waals surface area contributed by atoms with Crippen molar-refractivity contribution in [1.29, 1.82) is 0 Å². The Kier molecular flexibility index (Phi) is 4.16. The van der Waals surface area contributed by atoms with E-state index in [1.807, 2.05) is 50.2 Å². The predicted molar refractivity (Wildman–Crippen MR) is 99.4 cm³/mol. The van der Waals surface area contributed by atoms with Gasteiger partial charge in [-0.05, 0) is 0 Å². The van der Waals surface area contributed by atoms with Gasteiger partial charge in [-0.15, -0.1) is 0 Å². The van der Waals surface area contributed by atoms with Crippen LogP contribution >= 0.6 is 7.28 Å². The van der Waals surface area contributed by atoms with Crippen LogP contribution in [0.5, 0.6) is 0 Å². The van der Waals surface area contributed by atoms with Crippen molar-refractivity contribution in [1.82, 2.24) is 0 Å². The van der Waals surface area contributed by atoms with Gasteiger partial charge < -0.3 is 0 Å². The van der Waals surface area contributed by atoms with E-state index in [0.717, 1.165) is 26.8 Å². The Morgan fingerprint density at radius 2 is 1.26 bits per heavy atom. The fraction of sp³-hybridized carbons (Fsp3) is 0.263. The van der Waals surface area contributed by atoms with Crippen LogP contribution < -0.4 is 5.30 Å². The molecular formula is C19H23O3P. The molecule has 0 atom stereocenters. The normalized spacial score (nSPS) is 14.0. The van der Waals surface area contributed by atoms with Crippen LogP contribution in [0.4, 0.5) is 0 Å². The molecule has 3 aromatic rings. The Bertz CT molecular complexity index is 793. The van der Waals surface area contributed by atoms with E-state index < -0.39 is 7.28 Å². The molecular weight excluding hydrogens is 307 g/mol. The molecule has 0 amide bonds. The summed E-state index contributed by atoms with van der Waals surface area (Å²) < 4.78 is 11.8. The van der Waals surface area contributed by atoms with Crippen molar-refractivity contribution in [2.75, 3.05) is 19.9 Å². The first-order valence-corrected chi connectivity index (χ1v) is 10.4. The molecule has 0 aliphatic heterocycles. The van der Waals surface area contributed by atoms with Gasteiger partial charge in [0.25, 0.3) is 0 Å². The quantitative estimate of drug-likeness (QED) is 0.548. The van der Waals surface area contributed by atoms with Crippen LogP contribution in [0.15, 0.2) is 54.6 Å². The Labute approximate surface area is 137 Å². The van der Waals surface area contributed by atoms with E-state index in [2.05, 4.69) is 18.2 Å². The number of hydrogen-bond acceptors (Lipinski definition) is 3. The van der Waals surface area contributed by atoms with Crippen LogP contribution in [-0.2, 0) is 9.05 Å². The van der Waals surface area contributed by atoms with Crippen LogP contribution in [-0.4, -0.2) is 24.8 Å². The zero-order valence-corrected chi connectivity index (χ0v) is 14.7. The van der Waals surface area contributed by atoms with E-state index in [1.165, 1.54) is 0 Å². The summed E-state index contributed by atoms with van der Waals surface area (Å²) in [7, 11) is -3.95. The van der Waals surface area contributed by atoms with Gasteiger partial charge in [0.15, 0.2) is 0 Å². The van der Waals surface area contributed by atoms with Gasteiger partial charge in [0.2, 0.25) is 0 Å². The first kappa shape index (κ1) is 16.4. The van der Waals surface area contributed by atoms with E-state index in [-0.39, 0.29) is 0 Å². The Hall–Kier alpha value is -1.51. The zero-order valence-electron chi connectivity index (χ0n) is 13.8. The summed E-state index contributed by atoms with van der Waals surface area (Å²) in [4.78, 5) is 11.6. The molecule has 1 N–H and O–H groups in total.